The van der Waals surface area contributed by atoms with Crippen molar-refractivity contribution in [2.45, 2.75) is 33.3 Å². The van der Waals surface area contributed by atoms with Crippen LogP contribution in [0.3, 0.4) is 0 Å². The minimum absolute atomic E-state index is 0.238. The van der Waals surface area contributed by atoms with Gasteiger partial charge in [-0.1, -0.05) is 30.3 Å². The van der Waals surface area contributed by atoms with Crippen molar-refractivity contribution in [2.24, 2.45) is 0 Å². The molecule has 0 aliphatic rings. The van der Waals surface area contributed by atoms with E-state index in [9.17, 15) is 4.39 Å². The van der Waals surface area contributed by atoms with Crippen molar-refractivity contribution >= 4 is 12.2 Å². The minimum atomic E-state index is -0.238. The first-order valence-corrected chi connectivity index (χ1v) is 9.77. The molecule has 0 spiro atoms. The second kappa shape index (κ2) is 9.62. The van der Waals surface area contributed by atoms with Gasteiger partial charge in [0, 0.05) is 13.1 Å². The molecule has 152 valence electrons. The number of aryl methyl sites for hydroxylation is 1. The fourth-order valence-electron chi connectivity index (χ4n) is 3.08. The van der Waals surface area contributed by atoms with Crippen molar-refractivity contribution in [2.75, 3.05) is 7.05 Å². The number of allylic oxidation sites excluding steroid dienone is 1. The molecule has 0 fully saturated rings. The summed E-state index contributed by atoms with van der Waals surface area (Å²) >= 11 is 5.61. The van der Waals surface area contributed by atoms with Gasteiger partial charge in [0.15, 0.2) is 10.6 Å². The zero-order chi connectivity index (χ0) is 20.8. The molecule has 0 unspecified atom stereocenters. The van der Waals surface area contributed by atoms with Crippen LogP contribution in [0, 0.1) is 17.5 Å². The highest BCUT2D eigenvalue weighted by molar-refractivity contribution is 7.71. The summed E-state index contributed by atoms with van der Waals surface area (Å²) in [4.78, 5) is 2.03. The predicted molar refractivity (Wildman–Crippen MR) is 115 cm³/mol. The van der Waals surface area contributed by atoms with Gasteiger partial charge in [0.25, 0.3) is 0 Å². The molecule has 0 amide bonds. The number of rotatable bonds is 9. The molecule has 0 bridgehead atoms. The molecule has 0 saturated carbocycles. The van der Waals surface area contributed by atoms with E-state index in [1.807, 2.05) is 53.8 Å². The quantitative estimate of drug-likeness (QED) is 0.376. The average Bonchev–Trinajstić information content (AvgIpc) is 2.96. The summed E-state index contributed by atoms with van der Waals surface area (Å²) in [5, 5.41) is 4.65. The van der Waals surface area contributed by atoms with Crippen LogP contribution in [0.15, 0.2) is 61.2 Å². The lowest BCUT2D eigenvalue weighted by Crippen LogP contribution is -2.22. The average molecular weight is 413 g/mol. The highest BCUT2D eigenvalue weighted by Crippen LogP contribution is 2.15. The number of hydrogen-bond donors (Lipinski definition) is 0. The second-order valence-corrected chi connectivity index (χ2v) is 7.35. The smallest absolute Gasteiger partial charge is 0.199 e. The largest absolute Gasteiger partial charge is 0.486 e. The van der Waals surface area contributed by atoms with Crippen LogP contribution in [0.4, 0.5) is 4.39 Å². The van der Waals surface area contributed by atoms with Gasteiger partial charge >= 0.3 is 0 Å². The van der Waals surface area contributed by atoms with Gasteiger partial charge in [-0.2, -0.15) is 5.10 Å². The lowest BCUT2D eigenvalue weighted by Gasteiger charge is -2.16. The molecule has 0 atom stereocenters. The van der Waals surface area contributed by atoms with E-state index in [1.54, 1.807) is 16.8 Å². The minimum Gasteiger partial charge on any atom is -0.486 e. The first-order chi connectivity index (χ1) is 14.0. The van der Waals surface area contributed by atoms with E-state index >= 15 is 0 Å². The summed E-state index contributed by atoms with van der Waals surface area (Å²) in [6.07, 6.45) is 1.79. The summed E-state index contributed by atoms with van der Waals surface area (Å²) in [7, 11) is 1.95. The summed E-state index contributed by atoms with van der Waals surface area (Å²) in [6, 6.07) is 14.5. The zero-order valence-corrected chi connectivity index (χ0v) is 17.5. The van der Waals surface area contributed by atoms with E-state index in [4.69, 9.17) is 17.0 Å². The van der Waals surface area contributed by atoms with E-state index in [-0.39, 0.29) is 5.82 Å². The topological polar surface area (TPSA) is 35.2 Å². The van der Waals surface area contributed by atoms with E-state index in [0.717, 1.165) is 22.7 Å². The molecule has 29 heavy (non-hydrogen) atoms. The SMILES string of the molecule is C=CCn1c(COc2cccc(C)c2)nn(CN(C)Cc2cccc(F)c2)c1=S. The maximum absolute atomic E-state index is 13.4. The Hall–Kier alpha value is -2.77. The number of aromatic nitrogens is 3. The lowest BCUT2D eigenvalue weighted by atomic mass is 10.2. The van der Waals surface area contributed by atoms with Gasteiger partial charge in [-0.3, -0.25) is 9.47 Å². The van der Waals surface area contributed by atoms with Crippen LogP contribution in [0.25, 0.3) is 0 Å². The molecule has 0 aliphatic carbocycles. The van der Waals surface area contributed by atoms with Gasteiger partial charge in [-0.05, 0) is 61.6 Å². The third kappa shape index (κ3) is 5.62. The number of benzene rings is 2. The Bertz CT molecular complexity index is 1040. The fraction of sp³-hybridized carbons (Fsp3) is 0.273. The van der Waals surface area contributed by atoms with E-state index in [1.165, 1.54) is 12.1 Å². The Kier molecular flexibility index (Phi) is 6.95. The Labute approximate surface area is 175 Å². The highest BCUT2D eigenvalue weighted by Gasteiger charge is 2.12. The van der Waals surface area contributed by atoms with Gasteiger partial charge in [0.05, 0.1) is 6.67 Å². The Morgan fingerprint density at radius 1 is 1.24 bits per heavy atom. The molecule has 0 N–H and O–H groups in total. The van der Waals surface area contributed by atoms with Gasteiger partial charge in [0.2, 0.25) is 0 Å². The Balaban J connectivity index is 1.74. The Morgan fingerprint density at radius 2 is 2.03 bits per heavy atom. The van der Waals surface area contributed by atoms with Crippen molar-refractivity contribution in [1.82, 2.24) is 19.2 Å². The van der Waals surface area contributed by atoms with Gasteiger partial charge in [0.1, 0.15) is 18.2 Å². The fourth-order valence-corrected chi connectivity index (χ4v) is 3.35. The van der Waals surface area contributed by atoms with Crippen LogP contribution in [0.1, 0.15) is 17.0 Å². The molecule has 3 rings (SSSR count). The van der Waals surface area contributed by atoms with Crippen LogP contribution in [0.2, 0.25) is 0 Å². The van der Waals surface area contributed by atoms with Crippen molar-refractivity contribution in [3.8, 4) is 5.75 Å². The number of halogens is 1. The summed E-state index contributed by atoms with van der Waals surface area (Å²) in [6.45, 7) is 7.77. The number of nitrogens with zero attached hydrogens (tertiary/aromatic N) is 4. The first kappa shape index (κ1) is 21.0. The molecule has 7 heteroatoms. The van der Waals surface area contributed by atoms with Crippen molar-refractivity contribution in [3.63, 3.8) is 0 Å². The van der Waals surface area contributed by atoms with E-state index < -0.39 is 0 Å². The number of ether oxygens (including phenoxy) is 1. The number of hydrogen-bond acceptors (Lipinski definition) is 4. The molecule has 3 aromatic rings. The van der Waals surface area contributed by atoms with Crippen LogP contribution in [-0.2, 0) is 26.4 Å². The first-order valence-electron chi connectivity index (χ1n) is 9.36. The van der Waals surface area contributed by atoms with Crippen molar-refractivity contribution in [1.29, 1.82) is 0 Å². The molecule has 1 aromatic heterocycles. The van der Waals surface area contributed by atoms with E-state index in [2.05, 4.69) is 11.7 Å². The van der Waals surface area contributed by atoms with Crippen LogP contribution < -0.4 is 4.74 Å². The van der Waals surface area contributed by atoms with Gasteiger partial charge in [-0.15, -0.1) is 6.58 Å². The molecule has 2 aromatic carbocycles. The normalized spacial score (nSPS) is 11.0. The maximum atomic E-state index is 13.4. The van der Waals surface area contributed by atoms with E-state index in [0.29, 0.717) is 31.1 Å². The molecular weight excluding hydrogens is 387 g/mol. The summed E-state index contributed by atoms with van der Waals surface area (Å²) < 4.78 is 23.6. The highest BCUT2D eigenvalue weighted by atomic mass is 32.1. The maximum Gasteiger partial charge on any atom is 0.199 e. The standard InChI is InChI=1S/C22H25FN4OS/c1-4-11-26-21(15-28-20-10-5-7-17(2)12-20)24-27(22(26)29)16-25(3)14-18-8-6-9-19(23)13-18/h4-10,12-13H,1,11,14-16H2,2-3H3. The Morgan fingerprint density at radius 3 is 2.76 bits per heavy atom. The third-order valence-electron chi connectivity index (χ3n) is 4.39. The van der Waals surface area contributed by atoms with Crippen molar-refractivity contribution in [3.05, 3.63) is 88.7 Å². The van der Waals surface area contributed by atoms with Gasteiger partial charge < -0.3 is 4.74 Å². The molecule has 5 nitrogen and oxygen atoms in total. The van der Waals surface area contributed by atoms with Crippen LogP contribution in [-0.4, -0.2) is 26.3 Å². The van der Waals surface area contributed by atoms with Crippen LogP contribution in [0.5, 0.6) is 5.75 Å². The molecule has 0 aliphatic heterocycles. The molecule has 0 saturated heterocycles. The van der Waals surface area contributed by atoms with Crippen LogP contribution >= 0.6 is 12.2 Å². The summed E-state index contributed by atoms with van der Waals surface area (Å²) in [5.41, 5.74) is 2.03. The lowest BCUT2D eigenvalue weighted by molar-refractivity contribution is 0.240. The zero-order valence-electron chi connectivity index (χ0n) is 16.7. The monoisotopic (exact) mass is 412 g/mol. The third-order valence-corrected chi connectivity index (χ3v) is 4.82. The van der Waals surface area contributed by atoms with Gasteiger partial charge in [-0.25, -0.2) is 9.07 Å². The molecule has 1 heterocycles. The molecule has 0 radical (unpaired) electrons. The summed E-state index contributed by atoms with van der Waals surface area (Å²) in [5.74, 6) is 1.28. The van der Waals surface area contributed by atoms with Crippen molar-refractivity contribution < 1.29 is 9.13 Å². The molecular formula is C22H25FN4OS. The predicted octanol–water partition coefficient (Wildman–Crippen LogP) is 4.72. The second-order valence-electron chi connectivity index (χ2n) is 6.99.